The lowest BCUT2D eigenvalue weighted by Crippen LogP contribution is -2.25. The van der Waals surface area contributed by atoms with Crippen molar-refractivity contribution in [2.24, 2.45) is 5.92 Å². The lowest BCUT2D eigenvalue weighted by atomic mass is 9.87. The van der Waals surface area contributed by atoms with Gasteiger partial charge in [0.1, 0.15) is 5.69 Å². The van der Waals surface area contributed by atoms with Gasteiger partial charge >= 0.3 is 0 Å². The number of nitrogens with one attached hydrogen (secondary N) is 2. The highest BCUT2D eigenvalue weighted by molar-refractivity contribution is 5.92. The molecule has 1 aromatic heterocycles. The molecule has 2 atom stereocenters. The van der Waals surface area contributed by atoms with Crippen LogP contribution >= 0.6 is 0 Å². The topological polar surface area (TPSA) is 74.2 Å². The van der Waals surface area contributed by atoms with Gasteiger partial charge in [0, 0.05) is 25.5 Å². The van der Waals surface area contributed by atoms with Gasteiger partial charge in [-0.3, -0.25) is 9.78 Å². The Labute approximate surface area is 113 Å². The molecular formula is C14H21N3O2. The average molecular weight is 263 g/mol. The quantitative estimate of drug-likeness (QED) is 0.767. The Morgan fingerprint density at radius 2 is 2.37 bits per heavy atom. The van der Waals surface area contributed by atoms with E-state index in [1.54, 1.807) is 19.3 Å². The average Bonchev–Trinajstić information content (AvgIpc) is 2.45. The van der Waals surface area contributed by atoms with Gasteiger partial charge in [0.25, 0.3) is 5.91 Å². The summed E-state index contributed by atoms with van der Waals surface area (Å²) >= 11 is 0. The molecule has 0 aromatic carbocycles. The van der Waals surface area contributed by atoms with E-state index in [2.05, 4.69) is 15.6 Å². The Balaban J connectivity index is 1.90. The van der Waals surface area contributed by atoms with Crippen LogP contribution in [0.3, 0.4) is 0 Å². The number of aliphatic hydroxyl groups is 1. The molecule has 0 radical (unpaired) electrons. The third-order valence-corrected chi connectivity index (χ3v) is 3.57. The highest BCUT2D eigenvalue weighted by Crippen LogP contribution is 2.24. The van der Waals surface area contributed by atoms with Crippen molar-refractivity contribution in [2.75, 3.05) is 18.9 Å². The molecule has 1 aliphatic rings. The van der Waals surface area contributed by atoms with Crippen LogP contribution in [-0.4, -0.2) is 35.7 Å². The predicted octanol–water partition coefficient (Wildman–Crippen LogP) is 1.40. The number of anilines is 1. The fraction of sp³-hybridized carbons (Fsp3) is 0.571. The maximum Gasteiger partial charge on any atom is 0.269 e. The van der Waals surface area contributed by atoms with Crippen molar-refractivity contribution in [3.8, 4) is 0 Å². The summed E-state index contributed by atoms with van der Waals surface area (Å²) < 4.78 is 0. The zero-order chi connectivity index (χ0) is 13.7. The molecule has 2 rings (SSSR count). The molecule has 0 aliphatic heterocycles. The van der Waals surface area contributed by atoms with Crippen molar-refractivity contribution < 1.29 is 9.90 Å². The summed E-state index contributed by atoms with van der Waals surface area (Å²) in [5.74, 6) is 0.317. The SMILES string of the molecule is CNC(=O)c1cc(NCC2CCCC(O)C2)ccn1. The fourth-order valence-electron chi connectivity index (χ4n) is 2.50. The van der Waals surface area contributed by atoms with Crippen LogP contribution in [0.1, 0.15) is 36.2 Å². The van der Waals surface area contributed by atoms with Crippen molar-refractivity contribution in [3.63, 3.8) is 0 Å². The lowest BCUT2D eigenvalue weighted by Gasteiger charge is -2.26. The smallest absolute Gasteiger partial charge is 0.269 e. The number of carbonyl (C=O) groups excluding carboxylic acids is 1. The van der Waals surface area contributed by atoms with Crippen molar-refractivity contribution in [3.05, 3.63) is 24.0 Å². The molecule has 5 heteroatoms. The number of hydrogen-bond acceptors (Lipinski definition) is 4. The summed E-state index contributed by atoms with van der Waals surface area (Å²) in [5, 5.41) is 15.5. The van der Waals surface area contributed by atoms with E-state index >= 15 is 0 Å². The van der Waals surface area contributed by atoms with Gasteiger partial charge in [0.2, 0.25) is 0 Å². The van der Waals surface area contributed by atoms with Gasteiger partial charge in [-0.1, -0.05) is 6.42 Å². The van der Waals surface area contributed by atoms with Crippen LogP contribution in [0.2, 0.25) is 0 Å². The van der Waals surface area contributed by atoms with Gasteiger partial charge in [0.15, 0.2) is 0 Å². The molecule has 1 aromatic rings. The van der Waals surface area contributed by atoms with Gasteiger partial charge < -0.3 is 15.7 Å². The van der Waals surface area contributed by atoms with E-state index in [4.69, 9.17) is 0 Å². The van der Waals surface area contributed by atoms with Crippen LogP contribution in [0.5, 0.6) is 0 Å². The number of pyridine rings is 1. The highest BCUT2D eigenvalue weighted by atomic mass is 16.3. The van der Waals surface area contributed by atoms with Gasteiger partial charge in [-0.2, -0.15) is 0 Å². The van der Waals surface area contributed by atoms with Gasteiger partial charge in [-0.05, 0) is 37.3 Å². The molecule has 19 heavy (non-hydrogen) atoms. The number of nitrogens with zero attached hydrogens (tertiary/aromatic N) is 1. The normalized spacial score (nSPS) is 22.8. The summed E-state index contributed by atoms with van der Waals surface area (Å²) in [6.45, 7) is 0.828. The second-order valence-electron chi connectivity index (χ2n) is 5.08. The molecule has 5 nitrogen and oxygen atoms in total. The lowest BCUT2D eigenvalue weighted by molar-refractivity contribution is 0.0958. The summed E-state index contributed by atoms with van der Waals surface area (Å²) in [7, 11) is 1.59. The molecule has 3 N–H and O–H groups in total. The van der Waals surface area contributed by atoms with Crippen molar-refractivity contribution in [1.82, 2.24) is 10.3 Å². The van der Waals surface area contributed by atoms with E-state index in [-0.39, 0.29) is 12.0 Å². The third kappa shape index (κ3) is 3.92. The Kier molecular flexibility index (Phi) is 4.74. The summed E-state index contributed by atoms with van der Waals surface area (Å²) in [4.78, 5) is 15.5. The molecule has 1 amide bonds. The van der Waals surface area contributed by atoms with E-state index in [9.17, 15) is 9.90 Å². The van der Waals surface area contributed by atoms with Gasteiger partial charge in [-0.15, -0.1) is 0 Å². The van der Waals surface area contributed by atoms with Crippen LogP contribution < -0.4 is 10.6 Å². The molecule has 1 fully saturated rings. The van der Waals surface area contributed by atoms with Crippen LogP contribution in [-0.2, 0) is 0 Å². The zero-order valence-corrected chi connectivity index (χ0v) is 11.2. The first-order valence-corrected chi connectivity index (χ1v) is 6.79. The van der Waals surface area contributed by atoms with Crippen LogP contribution in [0.15, 0.2) is 18.3 Å². The molecule has 0 saturated heterocycles. The van der Waals surface area contributed by atoms with E-state index in [0.29, 0.717) is 11.6 Å². The Bertz CT molecular complexity index is 436. The molecule has 0 spiro atoms. The summed E-state index contributed by atoms with van der Waals surface area (Å²) in [5.41, 5.74) is 1.31. The molecule has 104 valence electrons. The van der Waals surface area contributed by atoms with Gasteiger partial charge in [-0.25, -0.2) is 0 Å². The first-order chi connectivity index (χ1) is 9.19. The number of hydrogen-bond donors (Lipinski definition) is 3. The first-order valence-electron chi connectivity index (χ1n) is 6.79. The summed E-state index contributed by atoms with van der Waals surface area (Å²) in [6, 6.07) is 3.60. The number of rotatable bonds is 4. The maximum atomic E-state index is 11.5. The maximum absolute atomic E-state index is 11.5. The second-order valence-corrected chi connectivity index (χ2v) is 5.08. The van der Waals surface area contributed by atoms with Crippen molar-refractivity contribution in [2.45, 2.75) is 31.8 Å². The van der Waals surface area contributed by atoms with E-state index in [1.165, 1.54) is 0 Å². The van der Waals surface area contributed by atoms with E-state index < -0.39 is 0 Å². The van der Waals surface area contributed by atoms with Crippen LogP contribution in [0.25, 0.3) is 0 Å². The molecular weight excluding hydrogens is 242 g/mol. The third-order valence-electron chi connectivity index (χ3n) is 3.57. The van der Waals surface area contributed by atoms with Crippen molar-refractivity contribution >= 4 is 11.6 Å². The molecule has 2 unspecified atom stereocenters. The minimum absolute atomic E-state index is 0.153. The number of aromatic nitrogens is 1. The van der Waals surface area contributed by atoms with Crippen LogP contribution in [0.4, 0.5) is 5.69 Å². The summed E-state index contributed by atoms with van der Waals surface area (Å²) in [6.07, 6.45) is 5.50. The molecule has 1 heterocycles. The monoisotopic (exact) mass is 263 g/mol. The van der Waals surface area contributed by atoms with Gasteiger partial charge in [0.05, 0.1) is 6.10 Å². The molecule has 1 aliphatic carbocycles. The predicted molar refractivity (Wildman–Crippen MR) is 74.1 cm³/mol. The minimum Gasteiger partial charge on any atom is -0.393 e. The standard InChI is InChI=1S/C14H21N3O2/c1-15-14(19)13-8-11(5-6-16-13)17-9-10-3-2-4-12(18)7-10/h5-6,8,10,12,18H,2-4,7,9H2,1H3,(H,15,19)(H,16,17). The Hall–Kier alpha value is -1.62. The van der Waals surface area contributed by atoms with Crippen molar-refractivity contribution in [1.29, 1.82) is 0 Å². The Morgan fingerprint density at radius 1 is 1.53 bits per heavy atom. The zero-order valence-electron chi connectivity index (χ0n) is 11.2. The Morgan fingerprint density at radius 3 is 3.11 bits per heavy atom. The van der Waals surface area contributed by atoms with E-state index in [0.717, 1.165) is 37.9 Å². The minimum atomic E-state index is -0.184. The van der Waals surface area contributed by atoms with E-state index in [1.807, 2.05) is 6.07 Å². The number of aliphatic hydroxyl groups excluding tert-OH is 1. The number of carbonyl (C=O) groups is 1. The highest BCUT2D eigenvalue weighted by Gasteiger charge is 2.19. The first kappa shape index (κ1) is 13.8. The molecule has 0 bridgehead atoms. The fourth-order valence-corrected chi connectivity index (χ4v) is 2.50. The second kappa shape index (κ2) is 6.52. The van der Waals surface area contributed by atoms with Crippen LogP contribution in [0, 0.1) is 5.92 Å². The molecule has 1 saturated carbocycles. The largest absolute Gasteiger partial charge is 0.393 e. The number of amides is 1.